The van der Waals surface area contributed by atoms with Crippen LogP contribution in [0.1, 0.15) is 213 Å². The fraction of sp³-hybridized carbons (Fsp3) is 0.792. The first-order valence-corrected chi connectivity index (χ1v) is 22.7. The largest absolute Gasteiger partial charge is 0.463 e. The van der Waals surface area contributed by atoms with Crippen LogP contribution in [0.2, 0.25) is 0 Å². The minimum Gasteiger partial charge on any atom is -0.463 e. The first-order chi connectivity index (χ1) is 26.4. The third-order valence-corrected chi connectivity index (χ3v) is 10.2. The van der Waals surface area contributed by atoms with Crippen molar-refractivity contribution < 1.29 is 29.3 Å². The molecule has 0 amide bonds. The summed E-state index contributed by atoms with van der Waals surface area (Å²) in [6, 6.07) is 0. The average Bonchev–Trinajstić information content (AvgIpc) is 3.17. The van der Waals surface area contributed by atoms with Gasteiger partial charge in [-0.25, -0.2) is 0 Å². The molecule has 0 fully saturated rings. The standard InChI is InChI=1S/C48H86O6/c1-4-6-7-8-9-20-24-28-33-38-45(49)39-34-29-26-31-36-41-48(52)54-43-46(50)42-53-47(51)40-35-30-25-22-19-17-15-13-11-10-12-14-16-18-21-23-27-32-37-44(3)5-2/h9,20,26,28-29,33-34,39,44-46,49-50H,4-8,10-19,21-25,27,30-32,35-38,40-43H2,1-3H3/b20-9-,29-26+,33-28-,39-34-/t44?,45?,46-/m1/s1. The van der Waals surface area contributed by atoms with E-state index in [2.05, 4.69) is 39.0 Å². The molecule has 2 unspecified atom stereocenters. The lowest BCUT2D eigenvalue weighted by Crippen LogP contribution is -2.25. The Kier molecular flexibility index (Phi) is 40.3. The minimum atomic E-state index is -1.01. The Bertz CT molecular complexity index is 937. The predicted molar refractivity (Wildman–Crippen MR) is 230 cm³/mol. The topological polar surface area (TPSA) is 93.1 Å². The van der Waals surface area contributed by atoms with E-state index in [1.54, 1.807) is 6.08 Å². The van der Waals surface area contributed by atoms with Crippen molar-refractivity contribution in [3.63, 3.8) is 0 Å². The Balaban J connectivity index is 3.54. The fourth-order valence-electron chi connectivity index (χ4n) is 6.31. The highest BCUT2D eigenvalue weighted by Crippen LogP contribution is 2.17. The number of carbonyl (C=O) groups is 2. The molecule has 0 aromatic rings. The number of allylic oxidation sites excluding steroid dienone is 6. The summed E-state index contributed by atoms with van der Waals surface area (Å²) in [5.41, 5.74) is 0. The van der Waals surface area contributed by atoms with E-state index < -0.39 is 12.2 Å². The van der Waals surface area contributed by atoms with Gasteiger partial charge in [-0.3, -0.25) is 9.59 Å². The van der Waals surface area contributed by atoms with Gasteiger partial charge in [-0.05, 0) is 50.9 Å². The summed E-state index contributed by atoms with van der Waals surface area (Å²) >= 11 is 0. The summed E-state index contributed by atoms with van der Waals surface area (Å²) in [5.74, 6) is 0.224. The molecule has 3 atom stereocenters. The molecule has 0 bridgehead atoms. The lowest BCUT2D eigenvalue weighted by atomic mass is 9.99. The molecular formula is C48H86O6. The molecule has 0 heterocycles. The van der Waals surface area contributed by atoms with Crippen molar-refractivity contribution in [2.75, 3.05) is 13.2 Å². The molecule has 0 saturated carbocycles. The zero-order valence-corrected chi connectivity index (χ0v) is 35.5. The minimum absolute atomic E-state index is 0.155. The van der Waals surface area contributed by atoms with E-state index in [4.69, 9.17) is 9.47 Å². The summed E-state index contributed by atoms with van der Waals surface area (Å²) in [4.78, 5) is 24.0. The molecule has 0 aromatic carbocycles. The molecule has 314 valence electrons. The number of esters is 2. The number of hydrogen-bond acceptors (Lipinski definition) is 6. The van der Waals surface area contributed by atoms with Crippen LogP contribution in [-0.4, -0.2) is 47.6 Å². The highest BCUT2D eigenvalue weighted by molar-refractivity contribution is 5.69. The highest BCUT2D eigenvalue weighted by Gasteiger charge is 2.12. The number of aliphatic hydroxyl groups excluding tert-OH is 2. The lowest BCUT2D eigenvalue weighted by molar-refractivity contribution is -0.152. The summed E-state index contributed by atoms with van der Waals surface area (Å²) in [6.45, 7) is 6.56. The second kappa shape index (κ2) is 42.0. The van der Waals surface area contributed by atoms with Crippen LogP contribution in [0, 0.1) is 5.92 Å². The van der Waals surface area contributed by atoms with Crippen molar-refractivity contribution in [1.82, 2.24) is 0 Å². The van der Waals surface area contributed by atoms with Gasteiger partial charge in [-0.15, -0.1) is 0 Å². The maximum atomic E-state index is 12.0. The molecule has 2 N–H and O–H groups in total. The SMILES string of the molecule is CCCCC/C=C\C/C=C\CC(O)/C=C\C=C\CCCC(=O)OC[C@H](O)COC(=O)CCCCCCCCCCCCCCCCCCCCC(C)CC. The Labute approximate surface area is 333 Å². The molecule has 0 aliphatic rings. The summed E-state index contributed by atoms with van der Waals surface area (Å²) in [5, 5.41) is 20.1. The Morgan fingerprint density at radius 2 is 1.02 bits per heavy atom. The van der Waals surface area contributed by atoms with Crippen LogP contribution >= 0.6 is 0 Å². The molecule has 54 heavy (non-hydrogen) atoms. The quantitative estimate of drug-likeness (QED) is 0.0280. The zero-order valence-electron chi connectivity index (χ0n) is 35.5. The highest BCUT2D eigenvalue weighted by atomic mass is 16.6. The van der Waals surface area contributed by atoms with E-state index in [0.717, 1.165) is 38.0 Å². The summed E-state index contributed by atoms with van der Waals surface area (Å²) in [6.07, 6.45) is 49.2. The fourth-order valence-corrected chi connectivity index (χ4v) is 6.31. The van der Waals surface area contributed by atoms with Crippen molar-refractivity contribution >= 4 is 11.9 Å². The van der Waals surface area contributed by atoms with Crippen LogP contribution in [0.4, 0.5) is 0 Å². The number of unbranched alkanes of at least 4 members (excludes halogenated alkanes) is 21. The number of rotatable bonds is 40. The molecule has 0 spiro atoms. The Morgan fingerprint density at radius 1 is 0.537 bits per heavy atom. The molecular weight excluding hydrogens is 673 g/mol. The molecule has 6 heteroatoms. The van der Waals surface area contributed by atoms with Crippen molar-refractivity contribution in [3.8, 4) is 0 Å². The van der Waals surface area contributed by atoms with Crippen LogP contribution in [0.15, 0.2) is 48.6 Å². The van der Waals surface area contributed by atoms with E-state index in [-0.39, 0.29) is 31.6 Å². The second-order valence-electron chi connectivity index (χ2n) is 15.6. The second-order valence-corrected chi connectivity index (χ2v) is 15.6. The van der Waals surface area contributed by atoms with E-state index in [0.29, 0.717) is 25.7 Å². The molecule has 0 aliphatic heterocycles. The molecule has 0 saturated heterocycles. The molecule has 0 rings (SSSR count). The summed E-state index contributed by atoms with van der Waals surface area (Å²) < 4.78 is 10.3. The average molecular weight is 759 g/mol. The van der Waals surface area contributed by atoms with E-state index >= 15 is 0 Å². The first-order valence-electron chi connectivity index (χ1n) is 22.7. The van der Waals surface area contributed by atoms with Crippen LogP contribution in [-0.2, 0) is 19.1 Å². The van der Waals surface area contributed by atoms with E-state index in [1.165, 1.54) is 128 Å². The third-order valence-electron chi connectivity index (χ3n) is 10.2. The lowest BCUT2D eigenvalue weighted by Gasteiger charge is -2.12. The Morgan fingerprint density at radius 3 is 1.56 bits per heavy atom. The van der Waals surface area contributed by atoms with Crippen LogP contribution in [0.3, 0.4) is 0 Å². The number of carbonyl (C=O) groups excluding carboxylic acids is 2. The van der Waals surface area contributed by atoms with E-state index in [9.17, 15) is 19.8 Å². The van der Waals surface area contributed by atoms with Gasteiger partial charge in [0.05, 0.1) is 6.10 Å². The molecule has 0 radical (unpaired) electrons. The van der Waals surface area contributed by atoms with Crippen LogP contribution < -0.4 is 0 Å². The van der Waals surface area contributed by atoms with Gasteiger partial charge in [-0.2, -0.15) is 0 Å². The monoisotopic (exact) mass is 759 g/mol. The van der Waals surface area contributed by atoms with Crippen molar-refractivity contribution in [3.05, 3.63) is 48.6 Å². The summed E-state index contributed by atoms with van der Waals surface area (Å²) in [7, 11) is 0. The van der Waals surface area contributed by atoms with Gasteiger partial charge < -0.3 is 19.7 Å². The number of ether oxygens (including phenoxy) is 2. The number of hydrogen-bond donors (Lipinski definition) is 2. The normalized spacial score (nSPS) is 13.8. The van der Waals surface area contributed by atoms with Gasteiger partial charge in [0.15, 0.2) is 0 Å². The van der Waals surface area contributed by atoms with Crippen molar-refractivity contribution in [2.45, 2.75) is 226 Å². The molecule has 0 aromatic heterocycles. The van der Waals surface area contributed by atoms with E-state index in [1.807, 2.05) is 24.3 Å². The number of aliphatic hydroxyl groups is 2. The van der Waals surface area contributed by atoms with Gasteiger partial charge in [0.25, 0.3) is 0 Å². The maximum absolute atomic E-state index is 12.0. The smallest absolute Gasteiger partial charge is 0.305 e. The Hall–Kier alpha value is -2.18. The van der Waals surface area contributed by atoms with Gasteiger partial charge in [0.1, 0.15) is 19.3 Å². The van der Waals surface area contributed by atoms with Gasteiger partial charge in [-0.1, -0.05) is 204 Å². The maximum Gasteiger partial charge on any atom is 0.305 e. The van der Waals surface area contributed by atoms with Crippen molar-refractivity contribution in [1.29, 1.82) is 0 Å². The van der Waals surface area contributed by atoms with Gasteiger partial charge in [0.2, 0.25) is 0 Å². The van der Waals surface area contributed by atoms with Crippen LogP contribution in [0.25, 0.3) is 0 Å². The van der Waals surface area contributed by atoms with Gasteiger partial charge in [0, 0.05) is 12.8 Å². The molecule has 6 nitrogen and oxygen atoms in total. The first kappa shape index (κ1) is 51.8. The molecule has 0 aliphatic carbocycles. The zero-order chi connectivity index (χ0) is 39.6. The third kappa shape index (κ3) is 41.0. The van der Waals surface area contributed by atoms with Gasteiger partial charge >= 0.3 is 11.9 Å². The predicted octanol–water partition coefficient (Wildman–Crippen LogP) is 13.4. The van der Waals surface area contributed by atoms with Crippen LogP contribution in [0.5, 0.6) is 0 Å². The van der Waals surface area contributed by atoms with Crippen molar-refractivity contribution in [2.24, 2.45) is 5.92 Å².